The molecule has 4 nitrogen and oxygen atoms in total. The molecule has 1 aromatic rings. The molecular formula is C15H23NO3. The molecule has 1 aliphatic rings. The fourth-order valence-corrected chi connectivity index (χ4v) is 2.38. The van der Waals surface area contributed by atoms with Gasteiger partial charge in [0.05, 0.1) is 20.8 Å². The van der Waals surface area contributed by atoms with E-state index < -0.39 is 0 Å². The van der Waals surface area contributed by atoms with E-state index in [4.69, 9.17) is 14.2 Å². The predicted molar refractivity (Wildman–Crippen MR) is 74.8 cm³/mol. The van der Waals surface area contributed by atoms with Gasteiger partial charge in [-0.05, 0) is 36.5 Å². The number of benzene rings is 1. The molecule has 1 heterocycles. The van der Waals surface area contributed by atoms with Crippen molar-refractivity contribution in [3.63, 3.8) is 0 Å². The molecule has 1 fully saturated rings. The fourth-order valence-electron chi connectivity index (χ4n) is 2.38. The lowest BCUT2D eigenvalue weighted by Crippen LogP contribution is -2.28. The molecule has 0 amide bonds. The van der Waals surface area contributed by atoms with E-state index in [0.29, 0.717) is 5.92 Å². The van der Waals surface area contributed by atoms with Crippen molar-refractivity contribution in [3.8, 4) is 11.5 Å². The van der Waals surface area contributed by atoms with Crippen LogP contribution in [0.25, 0.3) is 0 Å². The van der Waals surface area contributed by atoms with Crippen molar-refractivity contribution in [1.29, 1.82) is 0 Å². The van der Waals surface area contributed by atoms with Gasteiger partial charge in [-0.3, -0.25) is 0 Å². The summed E-state index contributed by atoms with van der Waals surface area (Å²) in [5.74, 6) is 2.20. The molecule has 0 spiro atoms. The minimum Gasteiger partial charge on any atom is -0.493 e. The van der Waals surface area contributed by atoms with E-state index in [-0.39, 0.29) is 0 Å². The predicted octanol–water partition coefficient (Wildman–Crippen LogP) is 2.22. The van der Waals surface area contributed by atoms with E-state index in [1.54, 1.807) is 14.2 Å². The molecule has 0 aliphatic carbocycles. The van der Waals surface area contributed by atoms with Crippen LogP contribution in [-0.4, -0.2) is 34.0 Å². The minimum absolute atomic E-state index is 0.647. The average molecular weight is 265 g/mol. The summed E-state index contributed by atoms with van der Waals surface area (Å²) in [6.45, 7) is 3.66. The lowest BCUT2D eigenvalue weighted by molar-refractivity contribution is 0.0547. The van der Waals surface area contributed by atoms with Crippen molar-refractivity contribution in [1.82, 2.24) is 5.32 Å². The summed E-state index contributed by atoms with van der Waals surface area (Å²) < 4.78 is 16.0. The fraction of sp³-hybridized carbons (Fsp3) is 0.600. The normalized spacial score (nSPS) is 19.2. The van der Waals surface area contributed by atoms with E-state index in [2.05, 4.69) is 11.4 Å². The van der Waals surface area contributed by atoms with Crippen LogP contribution in [0.2, 0.25) is 0 Å². The maximum absolute atomic E-state index is 5.48. The third-order valence-electron chi connectivity index (χ3n) is 3.46. The second-order valence-electron chi connectivity index (χ2n) is 4.90. The molecule has 1 atom stereocenters. The van der Waals surface area contributed by atoms with Crippen molar-refractivity contribution >= 4 is 0 Å². The lowest BCUT2D eigenvalue weighted by atomic mass is 10.0. The number of hydrogen-bond donors (Lipinski definition) is 1. The zero-order chi connectivity index (χ0) is 13.5. The summed E-state index contributed by atoms with van der Waals surface area (Å²) >= 11 is 0. The molecular weight excluding hydrogens is 242 g/mol. The van der Waals surface area contributed by atoms with Gasteiger partial charge in [-0.25, -0.2) is 0 Å². The van der Waals surface area contributed by atoms with Crippen molar-refractivity contribution in [2.75, 3.05) is 34.0 Å². The number of hydrogen-bond acceptors (Lipinski definition) is 4. The van der Waals surface area contributed by atoms with Crippen LogP contribution >= 0.6 is 0 Å². The first kappa shape index (κ1) is 14.2. The molecule has 106 valence electrons. The van der Waals surface area contributed by atoms with Gasteiger partial charge >= 0.3 is 0 Å². The first-order chi connectivity index (χ1) is 9.33. The van der Waals surface area contributed by atoms with E-state index in [1.165, 1.54) is 18.4 Å². The third kappa shape index (κ3) is 4.11. The topological polar surface area (TPSA) is 39.7 Å². The zero-order valence-electron chi connectivity index (χ0n) is 11.8. The van der Waals surface area contributed by atoms with Gasteiger partial charge in [-0.15, -0.1) is 0 Å². The molecule has 1 N–H and O–H groups in total. The average Bonchev–Trinajstić information content (AvgIpc) is 2.48. The summed E-state index contributed by atoms with van der Waals surface area (Å²) in [6, 6.07) is 6.02. The number of nitrogens with one attached hydrogen (secondary N) is 1. The third-order valence-corrected chi connectivity index (χ3v) is 3.46. The summed E-state index contributed by atoms with van der Waals surface area (Å²) in [4.78, 5) is 0. The largest absolute Gasteiger partial charge is 0.493 e. The summed E-state index contributed by atoms with van der Waals surface area (Å²) in [7, 11) is 3.31. The minimum atomic E-state index is 0.647. The van der Waals surface area contributed by atoms with Gasteiger partial charge in [0.2, 0.25) is 0 Å². The summed E-state index contributed by atoms with van der Waals surface area (Å²) in [5.41, 5.74) is 1.20. The number of ether oxygens (including phenoxy) is 3. The molecule has 4 heteroatoms. The van der Waals surface area contributed by atoms with Gasteiger partial charge in [0.25, 0.3) is 0 Å². The van der Waals surface area contributed by atoms with Crippen molar-refractivity contribution in [2.45, 2.75) is 19.4 Å². The molecule has 19 heavy (non-hydrogen) atoms. The molecule has 1 aliphatic heterocycles. The molecule has 0 saturated carbocycles. The van der Waals surface area contributed by atoms with Gasteiger partial charge in [-0.1, -0.05) is 6.07 Å². The molecule has 1 saturated heterocycles. The van der Waals surface area contributed by atoms with E-state index in [0.717, 1.165) is 37.8 Å². The Hall–Kier alpha value is -1.26. The van der Waals surface area contributed by atoms with Crippen molar-refractivity contribution < 1.29 is 14.2 Å². The van der Waals surface area contributed by atoms with Crippen LogP contribution in [0.5, 0.6) is 11.5 Å². The maximum atomic E-state index is 5.48. The number of rotatable bonds is 6. The zero-order valence-corrected chi connectivity index (χ0v) is 11.8. The Morgan fingerprint density at radius 1 is 1.26 bits per heavy atom. The highest BCUT2D eigenvalue weighted by molar-refractivity contribution is 5.42. The monoisotopic (exact) mass is 265 g/mol. The highest BCUT2D eigenvalue weighted by Gasteiger charge is 2.13. The number of methoxy groups -OCH3 is 2. The van der Waals surface area contributed by atoms with Gasteiger partial charge in [0.15, 0.2) is 11.5 Å². The van der Waals surface area contributed by atoms with E-state index >= 15 is 0 Å². The Labute approximate surface area is 115 Å². The molecule has 2 rings (SSSR count). The second-order valence-corrected chi connectivity index (χ2v) is 4.90. The highest BCUT2D eigenvalue weighted by Crippen LogP contribution is 2.27. The molecule has 1 aromatic carbocycles. The Kier molecular flexibility index (Phi) is 5.48. The summed E-state index contributed by atoms with van der Waals surface area (Å²) in [6.07, 6.45) is 2.45. The first-order valence-electron chi connectivity index (χ1n) is 6.83. The summed E-state index contributed by atoms with van der Waals surface area (Å²) in [5, 5.41) is 3.48. The van der Waals surface area contributed by atoms with Crippen LogP contribution in [0.4, 0.5) is 0 Å². The SMILES string of the molecule is COc1ccc(CNCC2CCCOC2)cc1OC. The molecule has 0 aromatic heterocycles. The van der Waals surface area contributed by atoms with Gasteiger partial charge in [0.1, 0.15) is 0 Å². The quantitative estimate of drug-likeness (QED) is 0.856. The molecule has 1 unspecified atom stereocenters. The Morgan fingerprint density at radius 2 is 2.11 bits per heavy atom. The van der Waals surface area contributed by atoms with Crippen molar-refractivity contribution in [2.24, 2.45) is 5.92 Å². The van der Waals surface area contributed by atoms with Crippen LogP contribution in [0, 0.1) is 5.92 Å². The standard InChI is InChI=1S/C15H23NO3/c1-17-14-6-5-12(8-15(14)18-2)9-16-10-13-4-3-7-19-11-13/h5-6,8,13,16H,3-4,7,9-11H2,1-2H3. The molecule has 0 radical (unpaired) electrons. The first-order valence-corrected chi connectivity index (χ1v) is 6.83. The van der Waals surface area contributed by atoms with E-state index in [1.807, 2.05) is 12.1 Å². The smallest absolute Gasteiger partial charge is 0.161 e. The highest BCUT2D eigenvalue weighted by atomic mass is 16.5. The van der Waals surface area contributed by atoms with Crippen molar-refractivity contribution in [3.05, 3.63) is 23.8 Å². The lowest BCUT2D eigenvalue weighted by Gasteiger charge is -2.22. The van der Waals surface area contributed by atoms with Gasteiger partial charge < -0.3 is 19.5 Å². The molecule has 0 bridgehead atoms. The van der Waals surface area contributed by atoms with Crippen LogP contribution < -0.4 is 14.8 Å². The van der Waals surface area contributed by atoms with Crippen LogP contribution in [0.15, 0.2) is 18.2 Å². The Morgan fingerprint density at radius 3 is 2.79 bits per heavy atom. The van der Waals surface area contributed by atoms with Crippen LogP contribution in [0.3, 0.4) is 0 Å². The Balaban J connectivity index is 1.81. The second kappa shape index (κ2) is 7.36. The van der Waals surface area contributed by atoms with Crippen LogP contribution in [0.1, 0.15) is 18.4 Å². The van der Waals surface area contributed by atoms with Crippen LogP contribution in [-0.2, 0) is 11.3 Å². The van der Waals surface area contributed by atoms with E-state index in [9.17, 15) is 0 Å². The Bertz CT molecular complexity index is 389. The van der Waals surface area contributed by atoms with Gasteiger partial charge in [0, 0.05) is 19.7 Å². The maximum Gasteiger partial charge on any atom is 0.161 e. The van der Waals surface area contributed by atoms with Gasteiger partial charge in [-0.2, -0.15) is 0 Å².